The number of fused-ring (bicyclic) bond motifs is 1. The summed E-state index contributed by atoms with van der Waals surface area (Å²) in [5, 5.41) is 15.1. The van der Waals surface area contributed by atoms with Gasteiger partial charge in [0.15, 0.2) is 0 Å². The molecule has 0 aliphatic heterocycles. The Kier molecular flexibility index (Phi) is 5.39. The highest BCUT2D eigenvalue weighted by molar-refractivity contribution is 5.68. The molecule has 2 aromatic carbocycles. The van der Waals surface area contributed by atoms with Crippen LogP contribution < -0.4 is 10.6 Å². The second-order valence-corrected chi connectivity index (χ2v) is 7.18. The van der Waals surface area contributed by atoms with Crippen LogP contribution in [0.5, 0.6) is 0 Å². The highest BCUT2D eigenvalue weighted by atomic mass is 19.1. The smallest absolute Gasteiger partial charge is 0.146 e. The van der Waals surface area contributed by atoms with Crippen LogP contribution in [-0.2, 0) is 6.42 Å². The average Bonchev–Trinajstić information content (AvgIpc) is 2.73. The van der Waals surface area contributed by atoms with Crippen LogP contribution in [0.3, 0.4) is 0 Å². The summed E-state index contributed by atoms with van der Waals surface area (Å²) >= 11 is 0. The molecule has 1 aromatic heterocycles. The van der Waals surface area contributed by atoms with Crippen LogP contribution in [0, 0.1) is 24.1 Å². The molecule has 1 heterocycles. The van der Waals surface area contributed by atoms with Gasteiger partial charge < -0.3 is 10.6 Å². The monoisotopic (exact) mass is 387 g/mol. The van der Waals surface area contributed by atoms with Crippen molar-refractivity contribution in [2.24, 2.45) is 0 Å². The normalized spacial score (nSPS) is 15.3. The predicted molar refractivity (Wildman–Crippen MR) is 112 cm³/mol. The number of anilines is 2. The molecule has 6 heteroatoms. The van der Waals surface area contributed by atoms with Gasteiger partial charge in [0, 0.05) is 11.6 Å². The Bertz CT molecular complexity index is 1070. The van der Waals surface area contributed by atoms with E-state index in [1.165, 1.54) is 17.2 Å². The van der Waals surface area contributed by atoms with Gasteiger partial charge >= 0.3 is 0 Å². The molecule has 1 aliphatic carbocycles. The zero-order valence-electron chi connectivity index (χ0n) is 16.2. The quantitative estimate of drug-likeness (QED) is 0.602. The average molecular weight is 387 g/mol. The predicted octanol–water partition coefficient (Wildman–Crippen LogP) is 5.02. The number of nitrogens with one attached hydrogen (secondary N) is 2. The molecule has 1 aliphatic rings. The van der Waals surface area contributed by atoms with Crippen molar-refractivity contribution in [3.63, 3.8) is 0 Å². The Labute approximate surface area is 169 Å². The first-order valence-electron chi connectivity index (χ1n) is 9.75. The van der Waals surface area contributed by atoms with Crippen molar-refractivity contribution in [2.75, 3.05) is 17.2 Å². The van der Waals surface area contributed by atoms with E-state index in [1.54, 1.807) is 12.1 Å². The van der Waals surface area contributed by atoms with Crippen LogP contribution in [0.25, 0.3) is 11.3 Å². The maximum atomic E-state index is 14.0. The molecule has 4 rings (SSSR count). The molecule has 1 unspecified atom stereocenters. The molecule has 146 valence electrons. The standard InChI is InChI=1S/C23H22FN5/c1-15-27-21(17-9-10-19(24)22(13-17)26-12-11-25)14-23(28-15)29-20-8-4-6-16-5-2-3-7-18(16)20/h2-3,5,7,9-10,13-14,20,26H,4,6,8,12H2,1H3,(H,27,28,29). The van der Waals surface area contributed by atoms with Gasteiger partial charge in [0.1, 0.15) is 24.0 Å². The van der Waals surface area contributed by atoms with Crippen molar-refractivity contribution in [3.05, 3.63) is 71.3 Å². The number of hydrogen-bond acceptors (Lipinski definition) is 5. The summed E-state index contributed by atoms with van der Waals surface area (Å²) in [5.41, 5.74) is 4.47. The van der Waals surface area contributed by atoms with Gasteiger partial charge in [-0.25, -0.2) is 14.4 Å². The summed E-state index contributed by atoms with van der Waals surface area (Å²) in [4.78, 5) is 9.09. The van der Waals surface area contributed by atoms with Gasteiger partial charge in [-0.1, -0.05) is 24.3 Å². The molecular weight excluding hydrogens is 365 g/mol. The number of hydrogen-bond donors (Lipinski definition) is 2. The maximum Gasteiger partial charge on any atom is 0.146 e. The minimum absolute atomic E-state index is 0.0388. The Balaban J connectivity index is 1.63. The summed E-state index contributed by atoms with van der Waals surface area (Å²) in [6.07, 6.45) is 3.29. The van der Waals surface area contributed by atoms with Gasteiger partial charge in [0.05, 0.1) is 23.5 Å². The second kappa shape index (κ2) is 8.27. The van der Waals surface area contributed by atoms with Gasteiger partial charge in [0.2, 0.25) is 0 Å². The molecule has 5 nitrogen and oxygen atoms in total. The number of halogens is 1. The topological polar surface area (TPSA) is 73.6 Å². The molecule has 0 fully saturated rings. The van der Waals surface area contributed by atoms with Crippen LogP contribution in [0.1, 0.15) is 35.8 Å². The second-order valence-electron chi connectivity index (χ2n) is 7.18. The van der Waals surface area contributed by atoms with Crippen molar-refractivity contribution in [1.29, 1.82) is 5.26 Å². The van der Waals surface area contributed by atoms with E-state index in [0.717, 1.165) is 30.6 Å². The number of nitriles is 1. The van der Waals surface area contributed by atoms with E-state index in [4.69, 9.17) is 5.26 Å². The van der Waals surface area contributed by atoms with Crippen LogP contribution in [0.4, 0.5) is 15.9 Å². The molecule has 0 amide bonds. The minimum atomic E-state index is -0.396. The van der Waals surface area contributed by atoms with Crippen molar-refractivity contribution in [3.8, 4) is 17.3 Å². The van der Waals surface area contributed by atoms with E-state index < -0.39 is 5.82 Å². The Hall–Kier alpha value is -3.46. The summed E-state index contributed by atoms with van der Waals surface area (Å²) in [5.74, 6) is 1.00. The van der Waals surface area contributed by atoms with E-state index in [9.17, 15) is 4.39 Å². The highest BCUT2D eigenvalue weighted by Crippen LogP contribution is 2.33. The fraction of sp³-hybridized carbons (Fsp3) is 0.261. The van der Waals surface area contributed by atoms with Crippen molar-refractivity contribution >= 4 is 11.5 Å². The maximum absolute atomic E-state index is 14.0. The molecule has 3 aromatic rings. The van der Waals surface area contributed by atoms with Crippen LogP contribution in [0.15, 0.2) is 48.5 Å². The largest absolute Gasteiger partial charge is 0.370 e. The van der Waals surface area contributed by atoms with E-state index in [1.807, 2.05) is 19.1 Å². The van der Waals surface area contributed by atoms with Crippen LogP contribution in [0.2, 0.25) is 0 Å². The van der Waals surface area contributed by atoms with Gasteiger partial charge in [-0.3, -0.25) is 0 Å². The molecule has 2 N–H and O–H groups in total. The van der Waals surface area contributed by atoms with Gasteiger partial charge in [-0.05, 0) is 55.5 Å². The number of aromatic nitrogens is 2. The zero-order valence-corrected chi connectivity index (χ0v) is 16.2. The van der Waals surface area contributed by atoms with Crippen LogP contribution in [-0.4, -0.2) is 16.5 Å². The molecule has 29 heavy (non-hydrogen) atoms. The lowest BCUT2D eigenvalue weighted by atomic mass is 9.88. The fourth-order valence-corrected chi connectivity index (χ4v) is 3.83. The first-order chi connectivity index (χ1) is 14.1. The lowest BCUT2D eigenvalue weighted by Gasteiger charge is -2.27. The third kappa shape index (κ3) is 4.19. The number of nitrogens with zero attached hydrogens (tertiary/aromatic N) is 3. The first kappa shape index (κ1) is 18.9. The van der Waals surface area contributed by atoms with Crippen molar-refractivity contribution in [1.82, 2.24) is 9.97 Å². The van der Waals surface area contributed by atoms with Gasteiger partial charge in [-0.2, -0.15) is 5.26 Å². The van der Waals surface area contributed by atoms with E-state index >= 15 is 0 Å². The zero-order chi connectivity index (χ0) is 20.2. The fourth-order valence-electron chi connectivity index (χ4n) is 3.83. The molecule has 0 saturated heterocycles. The summed E-state index contributed by atoms with van der Waals surface area (Å²) in [6, 6.07) is 17.3. The first-order valence-corrected chi connectivity index (χ1v) is 9.75. The Morgan fingerprint density at radius 1 is 1.17 bits per heavy atom. The molecule has 0 radical (unpaired) electrons. The molecule has 0 saturated carbocycles. The molecule has 0 bridgehead atoms. The third-order valence-corrected chi connectivity index (χ3v) is 5.15. The summed E-state index contributed by atoms with van der Waals surface area (Å²) < 4.78 is 14.0. The van der Waals surface area contributed by atoms with Crippen molar-refractivity contribution in [2.45, 2.75) is 32.2 Å². The molecule has 0 spiro atoms. The Morgan fingerprint density at radius 3 is 2.90 bits per heavy atom. The Morgan fingerprint density at radius 2 is 2.03 bits per heavy atom. The lowest BCUT2D eigenvalue weighted by molar-refractivity contribution is 0.598. The summed E-state index contributed by atoms with van der Waals surface area (Å²) in [7, 11) is 0. The minimum Gasteiger partial charge on any atom is -0.370 e. The van der Waals surface area contributed by atoms with E-state index in [2.05, 4.69) is 44.9 Å². The number of benzene rings is 2. The summed E-state index contributed by atoms with van der Waals surface area (Å²) in [6.45, 7) is 1.89. The number of rotatable bonds is 5. The van der Waals surface area contributed by atoms with Crippen LogP contribution >= 0.6 is 0 Å². The molecular formula is C23H22FN5. The van der Waals surface area contributed by atoms with E-state index in [0.29, 0.717) is 11.5 Å². The van der Waals surface area contributed by atoms with Crippen molar-refractivity contribution < 1.29 is 4.39 Å². The third-order valence-electron chi connectivity index (χ3n) is 5.15. The highest BCUT2D eigenvalue weighted by Gasteiger charge is 2.20. The number of aryl methyl sites for hydroxylation is 2. The van der Waals surface area contributed by atoms with E-state index in [-0.39, 0.29) is 18.3 Å². The SMILES string of the molecule is Cc1nc(NC2CCCc3ccccc32)cc(-c2ccc(F)c(NCC#N)c2)n1. The van der Waals surface area contributed by atoms with Gasteiger partial charge in [-0.15, -0.1) is 0 Å². The van der Waals surface area contributed by atoms with Gasteiger partial charge in [0.25, 0.3) is 0 Å². The molecule has 1 atom stereocenters. The lowest BCUT2D eigenvalue weighted by Crippen LogP contribution is -2.18.